The number of rotatable bonds is 7. The summed E-state index contributed by atoms with van der Waals surface area (Å²) in [6.45, 7) is 1.48. The molecule has 3 N–H and O–H groups in total. The number of aromatic nitrogens is 3. The van der Waals surface area contributed by atoms with Crippen molar-refractivity contribution in [2.45, 2.75) is 13.0 Å². The van der Waals surface area contributed by atoms with E-state index >= 15 is 0 Å². The van der Waals surface area contributed by atoms with E-state index in [0.717, 1.165) is 36.2 Å². The van der Waals surface area contributed by atoms with Crippen molar-refractivity contribution in [2.24, 2.45) is 0 Å². The van der Waals surface area contributed by atoms with E-state index in [1.54, 1.807) is 0 Å². The van der Waals surface area contributed by atoms with Gasteiger partial charge in [0.1, 0.15) is 5.82 Å². The van der Waals surface area contributed by atoms with Gasteiger partial charge in [0.15, 0.2) is 0 Å². The zero-order chi connectivity index (χ0) is 20.2. The van der Waals surface area contributed by atoms with Crippen molar-refractivity contribution in [3.05, 3.63) is 96.2 Å². The molecule has 0 bridgehead atoms. The molecular formula is C25H23N5. The number of hydrogen-bond donors (Lipinski definition) is 3. The average molecular weight is 393 g/mol. The summed E-state index contributed by atoms with van der Waals surface area (Å²) in [6.07, 6.45) is 2.98. The molecule has 2 aromatic heterocycles. The predicted octanol–water partition coefficient (Wildman–Crippen LogP) is 5.38. The average Bonchev–Trinajstić information content (AvgIpc) is 3.21. The number of benzene rings is 3. The molecule has 5 nitrogen and oxygen atoms in total. The van der Waals surface area contributed by atoms with E-state index in [0.29, 0.717) is 5.95 Å². The molecule has 5 aromatic rings. The monoisotopic (exact) mass is 393 g/mol. The molecule has 0 aliphatic heterocycles. The molecule has 3 aromatic carbocycles. The lowest BCUT2D eigenvalue weighted by Crippen LogP contribution is -2.10. The van der Waals surface area contributed by atoms with Gasteiger partial charge in [-0.15, -0.1) is 0 Å². The Bertz CT molecular complexity index is 1280. The fourth-order valence-electron chi connectivity index (χ4n) is 3.72. The van der Waals surface area contributed by atoms with Crippen LogP contribution in [0, 0.1) is 0 Å². The molecule has 0 spiro atoms. The van der Waals surface area contributed by atoms with E-state index in [4.69, 9.17) is 9.97 Å². The third kappa shape index (κ3) is 3.82. The molecule has 0 aliphatic carbocycles. The maximum atomic E-state index is 4.76. The van der Waals surface area contributed by atoms with Gasteiger partial charge in [0.05, 0.1) is 5.52 Å². The van der Waals surface area contributed by atoms with E-state index in [9.17, 15) is 0 Å². The first-order valence-electron chi connectivity index (χ1n) is 10.2. The Labute approximate surface area is 175 Å². The van der Waals surface area contributed by atoms with Crippen LogP contribution in [0.2, 0.25) is 0 Å². The summed E-state index contributed by atoms with van der Waals surface area (Å²) in [5.41, 5.74) is 4.61. The Morgan fingerprint density at radius 2 is 1.50 bits per heavy atom. The number of anilines is 2. The number of hydrogen-bond acceptors (Lipinski definition) is 4. The molecule has 0 fully saturated rings. The van der Waals surface area contributed by atoms with Gasteiger partial charge in [-0.2, -0.15) is 4.98 Å². The van der Waals surface area contributed by atoms with Crippen LogP contribution < -0.4 is 10.6 Å². The Hall–Kier alpha value is -3.86. The molecular weight excluding hydrogens is 370 g/mol. The van der Waals surface area contributed by atoms with Crippen molar-refractivity contribution in [1.82, 2.24) is 15.0 Å². The first-order chi connectivity index (χ1) is 14.9. The first-order valence-corrected chi connectivity index (χ1v) is 10.2. The molecule has 2 heterocycles. The number of nitrogens with one attached hydrogen (secondary N) is 3. The predicted molar refractivity (Wildman–Crippen MR) is 124 cm³/mol. The van der Waals surface area contributed by atoms with Gasteiger partial charge in [0.25, 0.3) is 0 Å². The molecule has 5 rings (SSSR count). The van der Waals surface area contributed by atoms with Crippen LogP contribution in [0.25, 0.3) is 21.8 Å². The molecule has 0 saturated carbocycles. The highest BCUT2D eigenvalue weighted by atomic mass is 15.1. The van der Waals surface area contributed by atoms with E-state index in [1.165, 1.54) is 22.0 Å². The number of para-hydroxylation sites is 2. The third-order valence-electron chi connectivity index (χ3n) is 5.26. The van der Waals surface area contributed by atoms with Crippen molar-refractivity contribution >= 4 is 33.6 Å². The highest BCUT2D eigenvalue weighted by Crippen LogP contribution is 2.23. The zero-order valence-corrected chi connectivity index (χ0v) is 16.6. The molecule has 30 heavy (non-hydrogen) atoms. The van der Waals surface area contributed by atoms with Gasteiger partial charge in [0, 0.05) is 35.6 Å². The topological polar surface area (TPSA) is 65.6 Å². The number of fused-ring (bicyclic) bond motifs is 2. The molecule has 0 atom stereocenters. The minimum absolute atomic E-state index is 0.643. The van der Waals surface area contributed by atoms with Crippen LogP contribution in [0.3, 0.4) is 0 Å². The Balaban J connectivity index is 1.33. The molecule has 0 unspecified atom stereocenters. The van der Waals surface area contributed by atoms with Crippen molar-refractivity contribution in [3.8, 4) is 0 Å². The molecule has 148 valence electrons. The van der Waals surface area contributed by atoms with Crippen LogP contribution in [0.4, 0.5) is 11.8 Å². The van der Waals surface area contributed by atoms with E-state index < -0.39 is 0 Å². The van der Waals surface area contributed by atoms with Crippen molar-refractivity contribution < 1.29 is 0 Å². The summed E-state index contributed by atoms with van der Waals surface area (Å²) >= 11 is 0. The van der Waals surface area contributed by atoms with Gasteiger partial charge in [-0.25, -0.2) is 4.98 Å². The van der Waals surface area contributed by atoms with Crippen LogP contribution >= 0.6 is 0 Å². The van der Waals surface area contributed by atoms with Crippen LogP contribution in [-0.2, 0) is 13.0 Å². The van der Waals surface area contributed by atoms with Gasteiger partial charge in [0.2, 0.25) is 5.95 Å². The van der Waals surface area contributed by atoms with Crippen LogP contribution in [0.15, 0.2) is 85.1 Å². The van der Waals surface area contributed by atoms with Crippen molar-refractivity contribution in [1.29, 1.82) is 0 Å². The maximum Gasteiger partial charge on any atom is 0.225 e. The standard InChI is InChI=1S/C25H23N5/c1-2-8-18(9-3-1)16-28-24-21-11-5-7-13-23(21)29-25(30-24)26-15-14-19-17-27-22-12-6-4-10-20(19)22/h1-13,17,27H,14-16H2,(H2,26,28,29,30). The van der Waals surface area contributed by atoms with Gasteiger partial charge in [-0.3, -0.25) is 0 Å². The summed E-state index contributed by atoms with van der Waals surface area (Å²) < 4.78 is 0. The fourth-order valence-corrected chi connectivity index (χ4v) is 3.72. The Morgan fingerprint density at radius 1 is 0.733 bits per heavy atom. The lowest BCUT2D eigenvalue weighted by molar-refractivity contribution is 0.994. The summed E-state index contributed by atoms with van der Waals surface area (Å²) in [5.74, 6) is 1.49. The van der Waals surface area contributed by atoms with Gasteiger partial charge in [-0.05, 0) is 35.7 Å². The second kappa shape index (κ2) is 8.25. The van der Waals surface area contributed by atoms with Gasteiger partial charge in [-0.1, -0.05) is 60.7 Å². The summed E-state index contributed by atoms with van der Waals surface area (Å²) in [6, 6.07) is 26.8. The largest absolute Gasteiger partial charge is 0.365 e. The number of nitrogens with zero attached hydrogens (tertiary/aromatic N) is 2. The highest BCUT2D eigenvalue weighted by molar-refractivity contribution is 5.90. The van der Waals surface area contributed by atoms with Crippen LogP contribution in [-0.4, -0.2) is 21.5 Å². The van der Waals surface area contributed by atoms with Gasteiger partial charge < -0.3 is 15.6 Å². The molecule has 0 aliphatic rings. The van der Waals surface area contributed by atoms with E-state index in [-0.39, 0.29) is 0 Å². The second-order valence-corrected chi connectivity index (χ2v) is 7.29. The summed E-state index contributed by atoms with van der Waals surface area (Å²) in [7, 11) is 0. The minimum atomic E-state index is 0.643. The second-order valence-electron chi connectivity index (χ2n) is 7.29. The number of H-pyrrole nitrogens is 1. The minimum Gasteiger partial charge on any atom is -0.365 e. The highest BCUT2D eigenvalue weighted by Gasteiger charge is 2.08. The zero-order valence-electron chi connectivity index (χ0n) is 16.6. The summed E-state index contributed by atoms with van der Waals surface area (Å²) in [5, 5.41) is 9.17. The molecule has 0 saturated heterocycles. The van der Waals surface area contributed by atoms with Gasteiger partial charge >= 0.3 is 0 Å². The van der Waals surface area contributed by atoms with Crippen LogP contribution in [0.1, 0.15) is 11.1 Å². The smallest absolute Gasteiger partial charge is 0.225 e. The quantitative estimate of drug-likeness (QED) is 0.347. The third-order valence-corrected chi connectivity index (χ3v) is 5.26. The lowest BCUT2D eigenvalue weighted by atomic mass is 10.1. The molecule has 0 amide bonds. The molecule has 0 radical (unpaired) electrons. The normalized spacial score (nSPS) is 11.1. The Kier molecular flexibility index (Phi) is 5.00. The van der Waals surface area contributed by atoms with Crippen LogP contribution in [0.5, 0.6) is 0 Å². The fraction of sp³-hybridized carbons (Fsp3) is 0.120. The maximum absolute atomic E-state index is 4.76. The first kappa shape index (κ1) is 18.2. The van der Waals surface area contributed by atoms with Crippen molar-refractivity contribution in [2.75, 3.05) is 17.2 Å². The lowest BCUT2D eigenvalue weighted by Gasteiger charge is -2.12. The van der Waals surface area contributed by atoms with E-state index in [2.05, 4.69) is 58.2 Å². The Morgan fingerprint density at radius 3 is 2.40 bits per heavy atom. The SMILES string of the molecule is c1ccc(CNc2nc(NCCc3c[nH]c4ccccc34)nc3ccccc23)cc1. The van der Waals surface area contributed by atoms with Crippen molar-refractivity contribution in [3.63, 3.8) is 0 Å². The molecule has 5 heteroatoms. The summed E-state index contributed by atoms with van der Waals surface area (Å²) in [4.78, 5) is 12.8. The number of aromatic amines is 1. The van der Waals surface area contributed by atoms with E-state index in [1.807, 2.05) is 42.5 Å².